The molecule has 1 aliphatic heterocycles. The Morgan fingerprint density at radius 2 is 2.31 bits per heavy atom. The maximum absolute atomic E-state index is 11.8. The second-order valence-electron chi connectivity index (χ2n) is 4.65. The lowest BCUT2D eigenvalue weighted by Crippen LogP contribution is -2.56. The molecule has 0 aromatic rings. The van der Waals surface area contributed by atoms with Gasteiger partial charge in [0.05, 0.1) is 0 Å². The van der Waals surface area contributed by atoms with E-state index in [0.717, 1.165) is 39.1 Å². The molecule has 94 valence electrons. The topological polar surface area (TPSA) is 47.6 Å². The minimum atomic E-state index is -0.00638. The summed E-state index contributed by atoms with van der Waals surface area (Å²) in [5.74, 6) is 0.147. The van der Waals surface area contributed by atoms with Crippen LogP contribution in [-0.4, -0.2) is 75.6 Å². The first-order chi connectivity index (χ1) is 7.61. The van der Waals surface area contributed by atoms with Crippen LogP contribution in [-0.2, 0) is 4.79 Å². The highest BCUT2D eigenvalue weighted by molar-refractivity contribution is 5.82. The molecule has 0 spiro atoms. The number of nitrogens with zero attached hydrogens (tertiary/aromatic N) is 2. The lowest BCUT2D eigenvalue weighted by molar-refractivity contribution is -0.126. The molecule has 5 nitrogen and oxygen atoms in total. The lowest BCUT2D eigenvalue weighted by Gasteiger charge is -2.31. The number of likely N-dealkylation sites (N-methyl/N-ethyl adjacent to an activating group) is 1. The highest BCUT2D eigenvalue weighted by atomic mass is 16.2. The van der Waals surface area contributed by atoms with Crippen LogP contribution in [0.2, 0.25) is 0 Å². The van der Waals surface area contributed by atoms with Crippen LogP contribution in [0.3, 0.4) is 0 Å². The molecule has 0 aromatic heterocycles. The Hall–Kier alpha value is -0.650. The van der Waals surface area contributed by atoms with Crippen LogP contribution >= 0.6 is 0 Å². The van der Waals surface area contributed by atoms with E-state index in [4.69, 9.17) is 0 Å². The Balaban J connectivity index is 2.18. The predicted molar refractivity (Wildman–Crippen MR) is 65.5 cm³/mol. The van der Waals surface area contributed by atoms with Crippen molar-refractivity contribution in [1.82, 2.24) is 20.4 Å². The first-order valence-corrected chi connectivity index (χ1v) is 5.94. The zero-order chi connectivity index (χ0) is 12.0. The second kappa shape index (κ2) is 6.83. The first kappa shape index (κ1) is 13.4. The normalized spacial score (nSPS) is 22.4. The van der Waals surface area contributed by atoms with Crippen molar-refractivity contribution >= 4 is 5.91 Å². The fourth-order valence-electron chi connectivity index (χ4n) is 1.82. The van der Waals surface area contributed by atoms with Gasteiger partial charge in [0.15, 0.2) is 0 Å². The number of rotatable bonds is 5. The number of hydrogen-bond acceptors (Lipinski definition) is 4. The van der Waals surface area contributed by atoms with Gasteiger partial charge in [-0.3, -0.25) is 9.69 Å². The van der Waals surface area contributed by atoms with E-state index in [1.807, 2.05) is 21.1 Å². The summed E-state index contributed by atoms with van der Waals surface area (Å²) in [4.78, 5) is 16.1. The van der Waals surface area contributed by atoms with Crippen molar-refractivity contribution in [3.05, 3.63) is 0 Å². The van der Waals surface area contributed by atoms with E-state index in [-0.39, 0.29) is 11.9 Å². The number of hydrogen-bond donors (Lipinski definition) is 2. The molecule has 0 aliphatic carbocycles. The van der Waals surface area contributed by atoms with E-state index < -0.39 is 0 Å². The predicted octanol–water partition coefficient (Wildman–Crippen LogP) is -1.04. The number of piperazine rings is 1. The molecule has 1 heterocycles. The first-order valence-electron chi connectivity index (χ1n) is 5.94. The van der Waals surface area contributed by atoms with Crippen LogP contribution in [0.1, 0.15) is 6.42 Å². The molecule has 16 heavy (non-hydrogen) atoms. The van der Waals surface area contributed by atoms with E-state index >= 15 is 0 Å². The monoisotopic (exact) mass is 228 g/mol. The van der Waals surface area contributed by atoms with Crippen LogP contribution in [0.5, 0.6) is 0 Å². The van der Waals surface area contributed by atoms with E-state index in [0.29, 0.717) is 0 Å². The van der Waals surface area contributed by atoms with Crippen molar-refractivity contribution in [2.24, 2.45) is 0 Å². The van der Waals surface area contributed by atoms with Crippen molar-refractivity contribution in [3.63, 3.8) is 0 Å². The van der Waals surface area contributed by atoms with E-state index in [1.165, 1.54) is 0 Å². The van der Waals surface area contributed by atoms with Gasteiger partial charge in [-0.1, -0.05) is 0 Å². The SMILES string of the molecule is CN(C)CCCNC(=O)C1CNCCN1C. The van der Waals surface area contributed by atoms with E-state index in [1.54, 1.807) is 0 Å². The maximum atomic E-state index is 11.8. The van der Waals surface area contributed by atoms with Gasteiger partial charge in [0.2, 0.25) is 5.91 Å². The second-order valence-corrected chi connectivity index (χ2v) is 4.65. The molecular formula is C11H24N4O. The quantitative estimate of drug-likeness (QED) is 0.590. The molecule has 0 aromatic carbocycles. The molecule has 1 saturated heterocycles. The summed E-state index contributed by atoms with van der Waals surface area (Å²) in [5, 5.41) is 6.23. The summed E-state index contributed by atoms with van der Waals surface area (Å²) in [6.07, 6.45) is 1.00. The minimum absolute atomic E-state index is 0.00638. The summed E-state index contributed by atoms with van der Waals surface area (Å²) < 4.78 is 0. The van der Waals surface area contributed by atoms with Gasteiger partial charge in [0, 0.05) is 26.2 Å². The standard InChI is InChI=1S/C11H24N4O/c1-14(2)7-4-5-13-11(16)10-9-12-6-8-15(10)3/h10,12H,4-9H2,1-3H3,(H,13,16). The van der Waals surface area contributed by atoms with Gasteiger partial charge in [-0.05, 0) is 34.1 Å². The van der Waals surface area contributed by atoms with Crippen molar-refractivity contribution in [1.29, 1.82) is 0 Å². The molecule has 0 saturated carbocycles. The third kappa shape index (κ3) is 4.47. The molecule has 2 N–H and O–H groups in total. The average molecular weight is 228 g/mol. The zero-order valence-electron chi connectivity index (χ0n) is 10.6. The van der Waals surface area contributed by atoms with Crippen LogP contribution in [0.4, 0.5) is 0 Å². The van der Waals surface area contributed by atoms with Crippen LogP contribution in [0.25, 0.3) is 0 Å². The number of carbonyl (C=O) groups excluding carboxylic acids is 1. The minimum Gasteiger partial charge on any atom is -0.355 e. The highest BCUT2D eigenvalue weighted by Gasteiger charge is 2.24. The zero-order valence-corrected chi connectivity index (χ0v) is 10.6. The molecule has 5 heteroatoms. The molecule has 0 radical (unpaired) electrons. The largest absolute Gasteiger partial charge is 0.355 e. The molecule has 1 amide bonds. The summed E-state index contributed by atoms with van der Waals surface area (Å²) in [7, 11) is 6.09. The van der Waals surface area contributed by atoms with Gasteiger partial charge >= 0.3 is 0 Å². The number of amides is 1. The molecule has 1 fully saturated rings. The summed E-state index contributed by atoms with van der Waals surface area (Å²) >= 11 is 0. The Morgan fingerprint density at radius 3 is 2.94 bits per heavy atom. The third-order valence-corrected chi connectivity index (χ3v) is 2.90. The van der Waals surface area contributed by atoms with Gasteiger partial charge in [-0.25, -0.2) is 0 Å². The molecule has 1 rings (SSSR count). The molecule has 1 aliphatic rings. The van der Waals surface area contributed by atoms with Crippen molar-refractivity contribution in [3.8, 4) is 0 Å². The van der Waals surface area contributed by atoms with Crippen molar-refractivity contribution < 1.29 is 4.79 Å². The van der Waals surface area contributed by atoms with Gasteiger partial charge < -0.3 is 15.5 Å². The Labute approximate surface area is 98.2 Å². The maximum Gasteiger partial charge on any atom is 0.238 e. The Kier molecular flexibility index (Phi) is 5.73. The van der Waals surface area contributed by atoms with Gasteiger partial charge in [-0.15, -0.1) is 0 Å². The fourth-order valence-corrected chi connectivity index (χ4v) is 1.82. The molecule has 0 bridgehead atoms. The number of carbonyl (C=O) groups is 1. The molecular weight excluding hydrogens is 204 g/mol. The van der Waals surface area contributed by atoms with Crippen molar-refractivity contribution in [2.75, 3.05) is 53.9 Å². The Morgan fingerprint density at radius 1 is 1.56 bits per heavy atom. The number of nitrogens with one attached hydrogen (secondary N) is 2. The summed E-state index contributed by atoms with van der Waals surface area (Å²) in [6.45, 7) is 4.45. The van der Waals surface area contributed by atoms with Gasteiger partial charge in [-0.2, -0.15) is 0 Å². The van der Waals surface area contributed by atoms with E-state index in [2.05, 4.69) is 20.4 Å². The fraction of sp³-hybridized carbons (Fsp3) is 0.909. The third-order valence-electron chi connectivity index (χ3n) is 2.90. The smallest absolute Gasteiger partial charge is 0.238 e. The summed E-state index contributed by atoms with van der Waals surface area (Å²) in [5.41, 5.74) is 0. The highest BCUT2D eigenvalue weighted by Crippen LogP contribution is 1.99. The van der Waals surface area contributed by atoms with Crippen LogP contribution in [0.15, 0.2) is 0 Å². The summed E-state index contributed by atoms with van der Waals surface area (Å²) in [6, 6.07) is -0.00638. The average Bonchev–Trinajstić information content (AvgIpc) is 2.24. The van der Waals surface area contributed by atoms with Crippen LogP contribution in [0, 0.1) is 0 Å². The van der Waals surface area contributed by atoms with E-state index in [9.17, 15) is 4.79 Å². The Bertz CT molecular complexity index is 220. The van der Waals surface area contributed by atoms with Crippen LogP contribution < -0.4 is 10.6 Å². The molecule has 1 unspecified atom stereocenters. The van der Waals surface area contributed by atoms with Gasteiger partial charge in [0.1, 0.15) is 6.04 Å². The lowest BCUT2D eigenvalue weighted by atomic mass is 10.2. The van der Waals surface area contributed by atoms with Crippen molar-refractivity contribution in [2.45, 2.75) is 12.5 Å². The molecule has 1 atom stereocenters. The van der Waals surface area contributed by atoms with Gasteiger partial charge in [0.25, 0.3) is 0 Å².